The van der Waals surface area contributed by atoms with Crippen LogP contribution in [0, 0.1) is 10.1 Å². The zero-order valence-electron chi connectivity index (χ0n) is 8.54. The molecular formula is C8H14N4O2. The number of aromatic nitrogens is 2. The van der Waals surface area contributed by atoms with Crippen molar-refractivity contribution < 1.29 is 4.92 Å². The summed E-state index contributed by atoms with van der Waals surface area (Å²) in [6.45, 7) is 2.77. The van der Waals surface area contributed by atoms with E-state index in [9.17, 15) is 10.1 Å². The summed E-state index contributed by atoms with van der Waals surface area (Å²) in [5, 5.41) is 14.3. The predicted molar refractivity (Wildman–Crippen MR) is 52.1 cm³/mol. The first kappa shape index (κ1) is 10.6. The van der Waals surface area contributed by atoms with E-state index in [0.717, 1.165) is 6.54 Å². The van der Waals surface area contributed by atoms with E-state index in [4.69, 9.17) is 0 Å². The van der Waals surface area contributed by atoms with E-state index < -0.39 is 4.92 Å². The number of nitrogens with zero attached hydrogens (tertiary/aromatic N) is 4. The molecule has 1 heterocycles. The monoisotopic (exact) mass is 198 g/mol. The highest BCUT2D eigenvalue weighted by molar-refractivity contribution is 5.20. The fourth-order valence-electron chi connectivity index (χ4n) is 1.28. The summed E-state index contributed by atoms with van der Waals surface area (Å²) in [4.78, 5) is 12.0. The van der Waals surface area contributed by atoms with Gasteiger partial charge in [-0.1, -0.05) is 0 Å². The normalized spacial score (nSPS) is 13.1. The molecule has 0 aliphatic rings. The average Bonchev–Trinajstić information content (AvgIpc) is 2.50. The molecule has 1 unspecified atom stereocenters. The van der Waals surface area contributed by atoms with Crippen LogP contribution in [-0.2, 0) is 0 Å². The molecule has 6 nitrogen and oxygen atoms in total. The van der Waals surface area contributed by atoms with Crippen LogP contribution in [0.1, 0.15) is 13.0 Å². The van der Waals surface area contributed by atoms with Gasteiger partial charge < -0.3 is 4.90 Å². The molecule has 1 rings (SSSR count). The first-order valence-corrected chi connectivity index (χ1v) is 4.34. The van der Waals surface area contributed by atoms with E-state index in [2.05, 4.69) is 5.10 Å². The van der Waals surface area contributed by atoms with Gasteiger partial charge >= 0.3 is 5.69 Å². The van der Waals surface area contributed by atoms with Crippen molar-refractivity contribution in [3.05, 3.63) is 22.5 Å². The molecule has 1 aromatic heterocycles. The lowest BCUT2D eigenvalue weighted by molar-refractivity contribution is -0.385. The van der Waals surface area contributed by atoms with E-state index in [1.165, 1.54) is 12.4 Å². The van der Waals surface area contributed by atoms with Crippen LogP contribution in [0.5, 0.6) is 0 Å². The van der Waals surface area contributed by atoms with Crippen LogP contribution in [0.4, 0.5) is 5.69 Å². The highest BCUT2D eigenvalue weighted by Gasteiger charge is 2.12. The summed E-state index contributed by atoms with van der Waals surface area (Å²) in [7, 11) is 3.91. The molecule has 0 saturated heterocycles. The molecule has 0 bridgehead atoms. The Morgan fingerprint density at radius 2 is 2.36 bits per heavy atom. The molecule has 0 aliphatic carbocycles. The van der Waals surface area contributed by atoms with Crippen molar-refractivity contribution in [1.82, 2.24) is 14.7 Å². The molecule has 6 heteroatoms. The summed E-state index contributed by atoms with van der Waals surface area (Å²) >= 11 is 0. The third-order valence-corrected chi connectivity index (χ3v) is 1.88. The Hall–Kier alpha value is -1.43. The Kier molecular flexibility index (Phi) is 3.19. The Morgan fingerprint density at radius 3 is 2.79 bits per heavy atom. The second kappa shape index (κ2) is 4.19. The van der Waals surface area contributed by atoms with Crippen molar-refractivity contribution in [2.45, 2.75) is 13.0 Å². The summed E-state index contributed by atoms with van der Waals surface area (Å²) < 4.78 is 1.61. The van der Waals surface area contributed by atoms with E-state index >= 15 is 0 Å². The minimum absolute atomic E-state index is 0.0376. The molecule has 14 heavy (non-hydrogen) atoms. The van der Waals surface area contributed by atoms with Gasteiger partial charge in [0.15, 0.2) is 0 Å². The van der Waals surface area contributed by atoms with Gasteiger partial charge in [0.05, 0.1) is 11.0 Å². The minimum atomic E-state index is -0.439. The lowest BCUT2D eigenvalue weighted by atomic mass is 10.3. The third-order valence-electron chi connectivity index (χ3n) is 1.88. The maximum atomic E-state index is 10.4. The van der Waals surface area contributed by atoms with Crippen molar-refractivity contribution in [2.75, 3.05) is 20.6 Å². The van der Waals surface area contributed by atoms with Crippen LogP contribution in [0.25, 0.3) is 0 Å². The van der Waals surface area contributed by atoms with Crippen molar-refractivity contribution >= 4 is 5.69 Å². The second-order valence-corrected chi connectivity index (χ2v) is 3.55. The largest absolute Gasteiger partial charge is 0.307 e. The van der Waals surface area contributed by atoms with Crippen molar-refractivity contribution in [3.8, 4) is 0 Å². The minimum Gasteiger partial charge on any atom is -0.307 e. The lowest BCUT2D eigenvalue weighted by Crippen LogP contribution is -2.22. The van der Waals surface area contributed by atoms with Crippen molar-refractivity contribution in [3.63, 3.8) is 0 Å². The maximum Gasteiger partial charge on any atom is 0.307 e. The van der Waals surface area contributed by atoms with Crippen molar-refractivity contribution in [1.29, 1.82) is 0 Å². The van der Waals surface area contributed by atoms with Gasteiger partial charge in [0, 0.05) is 6.54 Å². The molecule has 0 saturated carbocycles. The van der Waals surface area contributed by atoms with Crippen LogP contribution < -0.4 is 0 Å². The van der Waals surface area contributed by atoms with E-state index in [-0.39, 0.29) is 11.7 Å². The van der Waals surface area contributed by atoms with Crippen LogP contribution in [0.2, 0.25) is 0 Å². The van der Waals surface area contributed by atoms with Gasteiger partial charge in [0.25, 0.3) is 0 Å². The highest BCUT2D eigenvalue weighted by atomic mass is 16.6. The maximum absolute atomic E-state index is 10.4. The van der Waals surface area contributed by atoms with Gasteiger partial charge in [0.1, 0.15) is 12.4 Å². The number of likely N-dealkylation sites (N-methyl/N-ethyl adjacent to an activating group) is 1. The predicted octanol–water partition coefficient (Wildman–Crippen LogP) is 0.914. The summed E-state index contributed by atoms with van der Waals surface area (Å²) in [5.41, 5.74) is 0.0376. The summed E-state index contributed by atoms with van der Waals surface area (Å²) in [5.74, 6) is 0. The van der Waals surface area contributed by atoms with Crippen LogP contribution in [0.15, 0.2) is 12.4 Å². The zero-order chi connectivity index (χ0) is 10.7. The molecule has 0 amide bonds. The lowest BCUT2D eigenvalue weighted by Gasteiger charge is -2.16. The second-order valence-electron chi connectivity index (χ2n) is 3.55. The first-order chi connectivity index (χ1) is 6.50. The molecule has 0 aromatic carbocycles. The van der Waals surface area contributed by atoms with E-state index in [1.807, 2.05) is 25.9 Å². The molecule has 0 fully saturated rings. The Balaban J connectivity index is 2.71. The third kappa shape index (κ3) is 2.53. The fourth-order valence-corrected chi connectivity index (χ4v) is 1.28. The van der Waals surface area contributed by atoms with Gasteiger partial charge in [-0.3, -0.25) is 14.8 Å². The number of nitro groups is 1. The van der Waals surface area contributed by atoms with Crippen LogP contribution >= 0.6 is 0 Å². The molecule has 0 N–H and O–H groups in total. The Bertz CT molecular complexity index is 321. The quantitative estimate of drug-likeness (QED) is 0.533. The molecule has 78 valence electrons. The molecule has 0 radical (unpaired) electrons. The topological polar surface area (TPSA) is 64.2 Å². The highest BCUT2D eigenvalue weighted by Crippen LogP contribution is 2.12. The molecule has 1 aromatic rings. The van der Waals surface area contributed by atoms with Gasteiger partial charge in [0.2, 0.25) is 0 Å². The van der Waals surface area contributed by atoms with Crippen molar-refractivity contribution in [2.24, 2.45) is 0 Å². The fraction of sp³-hybridized carbons (Fsp3) is 0.625. The number of rotatable bonds is 4. The van der Waals surface area contributed by atoms with Crippen LogP contribution in [-0.4, -0.2) is 40.2 Å². The van der Waals surface area contributed by atoms with Gasteiger partial charge in [-0.2, -0.15) is 5.10 Å². The standard InChI is InChI=1S/C8H14N4O2/c1-7(5-10(2)3)11-6-8(4-9-11)12(13)14/h4,6-7H,5H2,1-3H3. The smallest absolute Gasteiger partial charge is 0.307 e. The molecule has 0 aliphatic heterocycles. The number of hydrogen-bond acceptors (Lipinski definition) is 4. The molecular weight excluding hydrogens is 184 g/mol. The Labute approximate surface area is 82.3 Å². The molecule has 1 atom stereocenters. The van der Waals surface area contributed by atoms with E-state index in [1.54, 1.807) is 4.68 Å². The van der Waals surface area contributed by atoms with Gasteiger partial charge in [-0.05, 0) is 21.0 Å². The molecule has 0 spiro atoms. The summed E-state index contributed by atoms with van der Waals surface area (Å²) in [6.07, 6.45) is 2.72. The van der Waals surface area contributed by atoms with Gasteiger partial charge in [-0.15, -0.1) is 0 Å². The average molecular weight is 198 g/mol. The Morgan fingerprint density at radius 1 is 1.71 bits per heavy atom. The van der Waals surface area contributed by atoms with Gasteiger partial charge in [-0.25, -0.2) is 0 Å². The van der Waals surface area contributed by atoms with Crippen LogP contribution in [0.3, 0.4) is 0 Å². The summed E-state index contributed by atoms with van der Waals surface area (Å²) in [6, 6.07) is 0.138. The SMILES string of the molecule is CC(CN(C)C)n1cc([N+](=O)[O-])cn1. The van der Waals surface area contributed by atoms with E-state index in [0.29, 0.717) is 0 Å². The zero-order valence-corrected chi connectivity index (χ0v) is 8.54. The number of hydrogen-bond donors (Lipinski definition) is 0. The first-order valence-electron chi connectivity index (χ1n) is 4.34.